The van der Waals surface area contributed by atoms with E-state index >= 15 is 0 Å². The molecule has 8 heteroatoms. The van der Waals surface area contributed by atoms with Crippen LogP contribution in [0, 0.1) is 0 Å². The minimum absolute atomic E-state index is 0.277. The molecular formula is C20H30O8. The van der Waals surface area contributed by atoms with Crippen molar-refractivity contribution in [3.63, 3.8) is 0 Å². The molecule has 5 unspecified atom stereocenters. The standard InChI is InChI=1S/C20H30O8/c1-4-5-9-26-13-8-6-7-12(10-13)19(24)27-11-14-15(21)16(22)17(23)18(28-14)20(2,3)25/h6-8,10,14-18,21-23,25H,4-5,9,11H2,1-3H3. The molecular weight excluding hydrogens is 368 g/mol. The summed E-state index contributed by atoms with van der Waals surface area (Å²) < 4.78 is 16.3. The van der Waals surface area contributed by atoms with E-state index in [1.54, 1.807) is 24.3 Å². The third-order valence-corrected chi connectivity index (χ3v) is 4.62. The molecule has 4 N–H and O–H groups in total. The summed E-state index contributed by atoms with van der Waals surface area (Å²) in [7, 11) is 0. The van der Waals surface area contributed by atoms with Gasteiger partial charge in [0.05, 0.1) is 17.8 Å². The van der Waals surface area contributed by atoms with Gasteiger partial charge in [0.1, 0.15) is 42.9 Å². The molecule has 1 saturated heterocycles. The van der Waals surface area contributed by atoms with Crippen molar-refractivity contribution < 1.29 is 39.4 Å². The molecule has 1 aromatic rings. The van der Waals surface area contributed by atoms with Gasteiger partial charge < -0.3 is 34.6 Å². The first-order valence-electron chi connectivity index (χ1n) is 9.47. The highest BCUT2D eigenvalue weighted by Crippen LogP contribution is 2.28. The average Bonchev–Trinajstić information content (AvgIpc) is 2.65. The van der Waals surface area contributed by atoms with E-state index < -0.39 is 42.1 Å². The number of hydrogen-bond donors (Lipinski definition) is 4. The predicted molar refractivity (Wildman–Crippen MR) is 100 cm³/mol. The minimum atomic E-state index is -1.54. The second-order valence-electron chi connectivity index (χ2n) is 7.55. The number of aliphatic hydroxyl groups is 4. The van der Waals surface area contributed by atoms with E-state index in [0.29, 0.717) is 12.4 Å². The Kier molecular flexibility index (Phi) is 7.79. The number of carbonyl (C=O) groups is 1. The Labute approximate surface area is 164 Å². The van der Waals surface area contributed by atoms with Crippen LogP contribution in [0.15, 0.2) is 24.3 Å². The lowest BCUT2D eigenvalue weighted by Crippen LogP contribution is -2.64. The van der Waals surface area contributed by atoms with E-state index in [1.807, 2.05) is 0 Å². The third kappa shape index (κ3) is 5.65. The summed E-state index contributed by atoms with van der Waals surface area (Å²) in [6, 6.07) is 6.56. The van der Waals surface area contributed by atoms with Gasteiger partial charge in [-0.15, -0.1) is 0 Å². The second kappa shape index (κ2) is 9.67. The van der Waals surface area contributed by atoms with Crippen LogP contribution in [0.2, 0.25) is 0 Å². The van der Waals surface area contributed by atoms with Gasteiger partial charge in [-0.2, -0.15) is 0 Å². The Bertz CT molecular complexity index is 641. The van der Waals surface area contributed by atoms with E-state index in [1.165, 1.54) is 13.8 Å². The number of ether oxygens (including phenoxy) is 3. The summed E-state index contributed by atoms with van der Waals surface area (Å²) in [6.07, 6.45) is -4.82. The number of hydrogen-bond acceptors (Lipinski definition) is 8. The van der Waals surface area contributed by atoms with Gasteiger partial charge in [-0.3, -0.25) is 0 Å². The van der Waals surface area contributed by atoms with Gasteiger partial charge in [-0.25, -0.2) is 4.79 Å². The maximum Gasteiger partial charge on any atom is 0.338 e. The van der Waals surface area contributed by atoms with Crippen LogP contribution in [0.25, 0.3) is 0 Å². The largest absolute Gasteiger partial charge is 0.494 e. The van der Waals surface area contributed by atoms with Gasteiger partial charge in [0.2, 0.25) is 0 Å². The molecule has 0 radical (unpaired) electrons. The van der Waals surface area contributed by atoms with E-state index in [9.17, 15) is 25.2 Å². The van der Waals surface area contributed by atoms with Crippen molar-refractivity contribution in [3.8, 4) is 5.75 Å². The van der Waals surface area contributed by atoms with Crippen molar-refractivity contribution in [1.29, 1.82) is 0 Å². The Morgan fingerprint density at radius 3 is 2.54 bits per heavy atom. The van der Waals surface area contributed by atoms with Gasteiger partial charge in [0.25, 0.3) is 0 Å². The Balaban J connectivity index is 1.98. The van der Waals surface area contributed by atoms with Crippen LogP contribution < -0.4 is 4.74 Å². The zero-order valence-corrected chi connectivity index (χ0v) is 16.4. The molecule has 158 valence electrons. The monoisotopic (exact) mass is 398 g/mol. The number of unbranched alkanes of at least 4 members (excludes halogenated alkanes) is 1. The lowest BCUT2D eigenvalue weighted by molar-refractivity contribution is -0.263. The lowest BCUT2D eigenvalue weighted by Gasteiger charge is -2.44. The third-order valence-electron chi connectivity index (χ3n) is 4.62. The minimum Gasteiger partial charge on any atom is -0.494 e. The summed E-state index contributed by atoms with van der Waals surface area (Å²) in [6.45, 7) is 5.08. The van der Waals surface area contributed by atoms with Crippen molar-refractivity contribution in [2.24, 2.45) is 0 Å². The SMILES string of the molecule is CCCCOc1cccc(C(=O)OCC2OC(C(C)(C)O)C(O)C(O)C2O)c1. The van der Waals surface area contributed by atoms with E-state index in [0.717, 1.165) is 12.8 Å². The number of rotatable bonds is 8. The van der Waals surface area contributed by atoms with E-state index in [2.05, 4.69) is 6.92 Å². The van der Waals surface area contributed by atoms with Crippen molar-refractivity contribution in [2.45, 2.75) is 69.7 Å². The fourth-order valence-corrected chi connectivity index (χ4v) is 2.96. The Hall–Kier alpha value is -1.71. The quantitative estimate of drug-likeness (QED) is 0.371. The van der Waals surface area contributed by atoms with Crippen LogP contribution in [-0.4, -0.2) is 75.7 Å². The fourth-order valence-electron chi connectivity index (χ4n) is 2.96. The first kappa shape index (κ1) is 22.6. The van der Waals surface area contributed by atoms with Crippen molar-refractivity contribution in [3.05, 3.63) is 29.8 Å². The first-order chi connectivity index (χ1) is 13.1. The van der Waals surface area contributed by atoms with Gasteiger partial charge in [-0.1, -0.05) is 19.4 Å². The number of esters is 1. The first-order valence-corrected chi connectivity index (χ1v) is 9.47. The molecule has 0 aliphatic carbocycles. The summed E-state index contributed by atoms with van der Waals surface area (Å²) in [5.41, 5.74) is -1.19. The van der Waals surface area contributed by atoms with Crippen LogP contribution in [0.4, 0.5) is 0 Å². The maximum absolute atomic E-state index is 12.3. The number of carbonyl (C=O) groups excluding carboxylic acids is 1. The molecule has 2 rings (SSSR count). The Morgan fingerprint density at radius 1 is 1.18 bits per heavy atom. The molecule has 0 saturated carbocycles. The fraction of sp³-hybridized carbons (Fsp3) is 0.650. The van der Waals surface area contributed by atoms with Gasteiger partial charge in [-0.05, 0) is 38.5 Å². The van der Waals surface area contributed by atoms with Crippen LogP contribution in [0.3, 0.4) is 0 Å². The molecule has 8 nitrogen and oxygen atoms in total. The molecule has 1 fully saturated rings. The van der Waals surface area contributed by atoms with Crippen LogP contribution in [0.1, 0.15) is 44.0 Å². The second-order valence-corrected chi connectivity index (χ2v) is 7.55. The molecule has 0 amide bonds. The molecule has 0 aromatic heterocycles. The molecule has 0 bridgehead atoms. The highest BCUT2D eigenvalue weighted by molar-refractivity contribution is 5.89. The van der Waals surface area contributed by atoms with Crippen LogP contribution in [0.5, 0.6) is 5.75 Å². The summed E-state index contributed by atoms with van der Waals surface area (Å²) in [5, 5.41) is 40.3. The van der Waals surface area contributed by atoms with Gasteiger partial charge in [0.15, 0.2) is 0 Å². The molecule has 0 spiro atoms. The molecule has 1 heterocycles. The molecule has 28 heavy (non-hydrogen) atoms. The zero-order chi connectivity index (χ0) is 20.9. The maximum atomic E-state index is 12.3. The van der Waals surface area contributed by atoms with E-state index in [4.69, 9.17) is 14.2 Å². The molecule has 5 atom stereocenters. The van der Waals surface area contributed by atoms with Crippen LogP contribution >= 0.6 is 0 Å². The van der Waals surface area contributed by atoms with Crippen molar-refractivity contribution in [1.82, 2.24) is 0 Å². The average molecular weight is 398 g/mol. The summed E-state index contributed by atoms with van der Waals surface area (Å²) in [5.74, 6) is -0.0883. The van der Waals surface area contributed by atoms with Gasteiger partial charge >= 0.3 is 5.97 Å². The van der Waals surface area contributed by atoms with Gasteiger partial charge in [0, 0.05) is 0 Å². The lowest BCUT2D eigenvalue weighted by atomic mass is 9.87. The number of aliphatic hydroxyl groups excluding tert-OH is 3. The zero-order valence-electron chi connectivity index (χ0n) is 16.4. The van der Waals surface area contributed by atoms with Crippen LogP contribution in [-0.2, 0) is 9.47 Å². The Morgan fingerprint density at radius 2 is 1.89 bits per heavy atom. The summed E-state index contributed by atoms with van der Waals surface area (Å²) in [4.78, 5) is 12.3. The highest BCUT2D eigenvalue weighted by atomic mass is 16.6. The van der Waals surface area contributed by atoms with E-state index in [-0.39, 0.29) is 12.2 Å². The smallest absolute Gasteiger partial charge is 0.338 e. The van der Waals surface area contributed by atoms with Crippen molar-refractivity contribution in [2.75, 3.05) is 13.2 Å². The number of benzene rings is 1. The summed E-state index contributed by atoms with van der Waals surface area (Å²) >= 11 is 0. The molecule has 1 aliphatic rings. The molecule has 1 aliphatic heterocycles. The normalized spacial score (nSPS) is 28.0. The molecule has 1 aromatic carbocycles. The predicted octanol–water partition coefficient (Wildman–Crippen LogP) is 0.643. The highest BCUT2D eigenvalue weighted by Gasteiger charge is 2.49. The topological polar surface area (TPSA) is 126 Å². The van der Waals surface area contributed by atoms with Crippen molar-refractivity contribution >= 4 is 5.97 Å².